The van der Waals surface area contributed by atoms with Gasteiger partial charge in [0.15, 0.2) is 0 Å². The van der Waals surface area contributed by atoms with E-state index in [4.69, 9.17) is 0 Å². The highest BCUT2D eigenvalue weighted by Gasteiger charge is 2.20. The zero-order chi connectivity index (χ0) is 11.4. The first kappa shape index (κ1) is 11.6. The van der Waals surface area contributed by atoms with E-state index in [1.807, 2.05) is 18.2 Å². The lowest BCUT2D eigenvalue weighted by molar-refractivity contribution is 0.280. The number of hydrogen-bond acceptors (Lipinski definition) is 2. The molecule has 16 heavy (non-hydrogen) atoms. The molecule has 1 saturated carbocycles. The number of aliphatic hydroxyl groups is 1. The van der Waals surface area contributed by atoms with Crippen molar-refractivity contribution in [2.75, 3.05) is 0 Å². The Bertz CT molecular complexity index is 337. The first-order valence-electron chi connectivity index (χ1n) is 6.20. The van der Waals surface area contributed by atoms with Crippen LogP contribution in [0.5, 0.6) is 0 Å². The minimum Gasteiger partial charge on any atom is -0.392 e. The molecule has 0 spiro atoms. The molecule has 2 atom stereocenters. The molecule has 1 aliphatic carbocycles. The van der Waals surface area contributed by atoms with Gasteiger partial charge in [-0.25, -0.2) is 0 Å². The summed E-state index contributed by atoms with van der Waals surface area (Å²) >= 11 is 0. The SMILES string of the molecule is CC1CCC(NCc2ccccc2CO)C1. The predicted octanol–water partition coefficient (Wildman–Crippen LogP) is 2.46. The molecule has 2 heteroatoms. The highest BCUT2D eigenvalue weighted by molar-refractivity contribution is 5.26. The van der Waals surface area contributed by atoms with E-state index in [0.29, 0.717) is 6.04 Å². The van der Waals surface area contributed by atoms with Crippen molar-refractivity contribution in [1.82, 2.24) is 5.32 Å². The van der Waals surface area contributed by atoms with Crippen LogP contribution in [-0.4, -0.2) is 11.1 Å². The van der Waals surface area contributed by atoms with E-state index in [2.05, 4.69) is 18.3 Å². The zero-order valence-electron chi connectivity index (χ0n) is 9.95. The van der Waals surface area contributed by atoms with Gasteiger partial charge in [0.1, 0.15) is 0 Å². The maximum absolute atomic E-state index is 9.22. The van der Waals surface area contributed by atoms with Crippen LogP contribution in [0.15, 0.2) is 24.3 Å². The Morgan fingerprint density at radius 3 is 2.62 bits per heavy atom. The van der Waals surface area contributed by atoms with Gasteiger partial charge < -0.3 is 10.4 Å². The molecule has 1 aliphatic rings. The fourth-order valence-electron chi connectivity index (χ4n) is 2.53. The summed E-state index contributed by atoms with van der Waals surface area (Å²) in [5.41, 5.74) is 2.27. The Morgan fingerprint density at radius 2 is 2.00 bits per heavy atom. The van der Waals surface area contributed by atoms with Crippen LogP contribution in [0, 0.1) is 5.92 Å². The Kier molecular flexibility index (Phi) is 3.97. The minimum absolute atomic E-state index is 0.138. The van der Waals surface area contributed by atoms with Gasteiger partial charge in [0.2, 0.25) is 0 Å². The van der Waals surface area contributed by atoms with Crippen LogP contribution in [0.2, 0.25) is 0 Å². The maximum atomic E-state index is 9.22. The van der Waals surface area contributed by atoms with Gasteiger partial charge in [-0.2, -0.15) is 0 Å². The summed E-state index contributed by atoms with van der Waals surface area (Å²) in [6.45, 7) is 3.34. The van der Waals surface area contributed by atoms with Crippen molar-refractivity contribution in [2.45, 2.75) is 45.4 Å². The predicted molar refractivity (Wildman–Crippen MR) is 66.0 cm³/mol. The normalized spacial score (nSPS) is 24.9. The molecule has 0 saturated heterocycles. The van der Waals surface area contributed by atoms with Gasteiger partial charge in [-0.05, 0) is 36.3 Å². The molecular formula is C14H21NO. The van der Waals surface area contributed by atoms with Crippen LogP contribution < -0.4 is 5.32 Å². The average molecular weight is 219 g/mol. The molecule has 0 bridgehead atoms. The van der Waals surface area contributed by atoms with Gasteiger partial charge in [0, 0.05) is 12.6 Å². The third-order valence-electron chi connectivity index (χ3n) is 3.56. The molecule has 2 nitrogen and oxygen atoms in total. The summed E-state index contributed by atoms with van der Waals surface area (Å²) in [6, 6.07) is 8.77. The maximum Gasteiger partial charge on any atom is 0.0685 e. The molecule has 1 aromatic carbocycles. The molecule has 1 aromatic rings. The van der Waals surface area contributed by atoms with Crippen LogP contribution >= 0.6 is 0 Å². The van der Waals surface area contributed by atoms with Gasteiger partial charge in [0.05, 0.1) is 6.61 Å². The van der Waals surface area contributed by atoms with Gasteiger partial charge in [0.25, 0.3) is 0 Å². The summed E-state index contributed by atoms with van der Waals surface area (Å²) in [7, 11) is 0. The smallest absolute Gasteiger partial charge is 0.0685 e. The second-order valence-electron chi connectivity index (χ2n) is 4.92. The number of rotatable bonds is 4. The van der Waals surface area contributed by atoms with Crippen molar-refractivity contribution in [2.24, 2.45) is 5.92 Å². The molecule has 88 valence electrons. The molecule has 2 rings (SSSR count). The van der Waals surface area contributed by atoms with Crippen molar-refractivity contribution in [3.63, 3.8) is 0 Å². The summed E-state index contributed by atoms with van der Waals surface area (Å²) in [5.74, 6) is 0.866. The Morgan fingerprint density at radius 1 is 1.25 bits per heavy atom. The van der Waals surface area contributed by atoms with Gasteiger partial charge >= 0.3 is 0 Å². The fourth-order valence-corrected chi connectivity index (χ4v) is 2.53. The van der Waals surface area contributed by atoms with Crippen LogP contribution in [0.25, 0.3) is 0 Å². The molecule has 0 radical (unpaired) electrons. The lowest BCUT2D eigenvalue weighted by Crippen LogP contribution is -2.26. The largest absolute Gasteiger partial charge is 0.392 e. The number of nitrogens with one attached hydrogen (secondary N) is 1. The minimum atomic E-state index is 0.138. The number of benzene rings is 1. The van der Waals surface area contributed by atoms with Gasteiger partial charge in [-0.3, -0.25) is 0 Å². The lowest BCUT2D eigenvalue weighted by Gasteiger charge is -2.14. The second-order valence-corrected chi connectivity index (χ2v) is 4.92. The average Bonchev–Trinajstić information content (AvgIpc) is 2.73. The number of hydrogen-bond donors (Lipinski definition) is 2. The van der Waals surface area contributed by atoms with E-state index in [0.717, 1.165) is 18.0 Å². The van der Waals surface area contributed by atoms with Crippen LogP contribution in [0.1, 0.15) is 37.3 Å². The van der Waals surface area contributed by atoms with Crippen LogP contribution in [-0.2, 0) is 13.2 Å². The summed E-state index contributed by atoms with van der Waals surface area (Å²) in [6.07, 6.45) is 3.93. The van der Waals surface area contributed by atoms with Crippen LogP contribution in [0.3, 0.4) is 0 Å². The first-order valence-corrected chi connectivity index (χ1v) is 6.20. The molecule has 0 aromatic heterocycles. The lowest BCUT2D eigenvalue weighted by atomic mass is 10.1. The quantitative estimate of drug-likeness (QED) is 0.815. The Balaban J connectivity index is 1.89. The molecular weight excluding hydrogens is 198 g/mol. The van der Waals surface area contributed by atoms with Gasteiger partial charge in [-0.1, -0.05) is 31.2 Å². The number of aliphatic hydroxyl groups excluding tert-OH is 1. The molecule has 2 N–H and O–H groups in total. The first-order chi connectivity index (χ1) is 7.79. The summed E-state index contributed by atoms with van der Waals surface area (Å²) < 4.78 is 0. The summed E-state index contributed by atoms with van der Waals surface area (Å²) in [5, 5.41) is 12.8. The van der Waals surface area contributed by atoms with Crippen LogP contribution in [0.4, 0.5) is 0 Å². The van der Waals surface area contributed by atoms with E-state index in [9.17, 15) is 5.11 Å². The third-order valence-corrected chi connectivity index (χ3v) is 3.56. The van der Waals surface area contributed by atoms with Crippen molar-refractivity contribution in [3.8, 4) is 0 Å². The standard InChI is InChI=1S/C14H21NO/c1-11-6-7-14(8-11)15-9-12-4-2-3-5-13(12)10-16/h2-5,11,14-16H,6-10H2,1H3. The van der Waals surface area contributed by atoms with Crippen molar-refractivity contribution in [3.05, 3.63) is 35.4 Å². The summed E-state index contributed by atoms with van der Waals surface area (Å²) in [4.78, 5) is 0. The molecule has 2 unspecified atom stereocenters. The molecule has 0 amide bonds. The highest BCUT2D eigenvalue weighted by atomic mass is 16.3. The van der Waals surface area contributed by atoms with Crippen molar-refractivity contribution < 1.29 is 5.11 Å². The van der Waals surface area contributed by atoms with E-state index < -0.39 is 0 Å². The Hall–Kier alpha value is -0.860. The monoisotopic (exact) mass is 219 g/mol. The molecule has 0 heterocycles. The van der Waals surface area contributed by atoms with E-state index in [-0.39, 0.29) is 6.61 Å². The van der Waals surface area contributed by atoms with Gasteiger partial charge in [-0.15, -0.1) is 0 Å². The Labute approximate surface area is 97.7 Å². The van der Waals surface area contributed by atoms with E-state index in [1.54, 1.807) is 0 Å². The van der Waals surface area contributed by atoms with Crippen molar-refractivity contribution >= 4 is 0 Å². The second kappa shape index (κ2) is 5.46. The topological polar surface area (TPSA) is 32.3 Å². The zero-order valence-corrected chi connectivity index (χ0v) is 9.95. The molecule has 1 fully saturated rings. The van der Waals surface area contributed by atoms with E-state index in [1.165, 1.54) is 24.8 Å². The van der Waals surface area contributed by atoms with E-state index >= 15 is 0 Å². The fraction of sp³-hybridized carbons (Fsp3) is 0.571. The molecule has 0 aliphatic heterocycles. The van der Waals surface area contributed by atoms with Crippen molar-refractivity contribution in [1.29, 1.82) is 0 Å². The third kappa shape index (κ3) is 2.83. The highest BCUT2D eigenvalue weighted by Crippen LogP contribution is 2.24.